The Balaban J connectivity index is 1.84. The second-order valence-electron chi connectivity index (χ2n) is 4.68. The molecule has 21 heavy (non-hydrogen) atoms. The summed E-state index contributed by atoms with van der Waals surface area (Å²) in [5.41, 5.74) is 3.88. The Kier molecular flexibility index (Phi) is 3.83. The molecule has 1 aromatic carbocycles. The first-order valence-corrected chi connectivity index (χ1v) is 6.90. The number of nitrogens with one attached hydrogen (secondary N) is 1. The van der Waals surface area contributed by atoms with Gasteiger partial charge in [0.25, 0.3) is 0 Å². The van der Waals surface area contributed by atoms with E-state index < -0.39 is 0 Å². The van der Waals surface area contributed by atoms with E-state index in [1.807, 2.05) is 43.5 Å². The molecule has 0 spiro atoms. The molecule has 3 rings (SSSR count). The summed E-state index contributed by atoms with van der Waals surface area (Å²) in [6.07, 6.45) is 5.01. The van der Waals surface area contributed by atoms with Crippen molar-refractivity contribution in [2.45, 2.75) is 13.5 Å². The fourth-order valence-electron chi connectivity index (χ4n) is 1.97. The van der Waals surface area contributed by atoms with Crippen LogP contribution >= 0.6 is 11.6 Å². The fourth-order valence-corrected chi connectivity index (χ4v) is 2.14. The van der Waals surface area contributed by atoms with Crippen LogP contribution in [-0.2, 0) is 6.54 Å². The van der Waals surface area contributed by atoms with Crippen molar-refractivity contribution < 1.29 is 0 Å². The topological polar surface area (TPSA) is 55.6 Å². The summed E-state index contributed by atoms with van der Waals surface area (Å²) in [6, 6.07) is 9.64. The molecule has 0 radical (unpaired) electrons. The molecule has 0 saturated heterocycles. The molecular formula is C15H14ClN5. The van der Waals surface area contributed by atoms with Crippen molar-refractivity contribution in [3.05, 3.63) is 65.5 Å². The van der Waals surface area contributed by atoms with Crippen molar-refractivity contribution in [1.82, 2.24) is 19.7 Å². The van der Waals surface area contributed by atoms with Crippen LogP contribution in [-0.4, -0.2) is 19.7 Å². The molecule has 2 aromatic heterocycles. The summed E-state index contributed by atoms with van der Waals surface area (Å²) < 4.78 is 1.70. The second-order valence-corrected chi connectivity index (χ2v) is 5.12. The Hall–Kier alpha value is -2.40. The molecule has 0 unspecified atom stereocenters. The van der Waals surface area contributed by atoms with Gasteiger partial charge >= 0.3 is 0 Å². The number of halogens is 1. The number of hydrogen-bond acceptors (Lipinski definition) is 4. The van der Waals surface area contributed by atoms with Gasteiger partial charge in [-0.25, -0.2) is 9.67 Å². The average Bonchev–Trinajstić information content (AvgIpc) is 3.01. The minimum absolute atomic E-state index is 0.613. The molecule has 6 heteroatoms. The van der Waals surface area contributed by atoms with Gasteiger partial charge in [0.2, 0.25) is 0 Å². The number of pyridine rings is 1. The Morgan fingerprint density at radius 2 is 2.14 bits per heavy atom. The summed E-state index contributed by atoms with van der Waals surface area (Å²) >= 11 is 6.08. The molecule has 106 valence electrons. The highest BCUT2D eigenvalue weighted by Gasteiger charge is 2.06. The predicted octanol–water partition coefficient (Wildman–Crippen LogP) is 3.24. The van der Waals surface area contributed by atoms with E-state index in [1.165, 1.54) is 6.33 Å². The van der Waals surface area contributed by atoms with Gasteiger partial charge in [-0.2, -0.15) is 5.10 Å². The van der Waals surface area contributed by atoms with Crippen molar-refractivity contribution in [1.29, 1.82) is 0 Å². The van der Waals surface area contributed by atoms with Gasteiger partial charge < -0.3 is 5.32 Å². The van der Waals surface area contributed by atoms with Gasteiger partial charge in [0.05, 0.1) is 23.6 Å². The average molecular weight is 300 g/mol. The van der Waals surface area contributed by atoms with Crippen LogP contribution in [0.15, 0.2) is 49.2 Å². The number of aryl methyl sites for hydroxylation is 1. The molecule has 1 N–H and O–H groups in total. The van der Waals surface area contributed by atoms with Crippen LogP contribution in [0.3, 0.4) is 0 Å². The van der Waals surface area contributed by atoms with Crippen LogP contribution in [0, 0.1) is 6.92 Å². The summed E-state index contributed by atoms with van der Waals surface area (Å²) in [5.74, 6) is 0. The summed E-state index contributed by atoms with van der Waals surface area (Å²) in [4.78, 5) is 8.35. The lowest BCUT2D eigenvalue weighted by Crippen LogP contribution is -2.06. The van der Waals surface area contributed by atoms with Gasteiger partial charge in [0, 0.05) is 11.2 Å². The van der Waals surface area contributed by atoms with Gasteiger partial charge in [-0.3, -0.25) is 4.98 Å². The van der Waals surface area contributed by atoms with Crippen molar-refractivity contribution >= 4 is 17.3 Å². The number of benzene rings is 1. The lowest BCUT2D eigenvalue weighted by molar-refractivity contribution is 0.876. The van der Waals surface area contributed by atoms with E-state index in [0.29, 0.717) is 11.6 Å². The van der Waals surface area contributed by atoms with Crippen LogP contribution in [0.4, 0.5) is 5.69 Å². The third-order valence-electron chi connectivity index (χ3n) is 3.06. The third kappa shape index (κ3) is 3.20. The quantitative estimate of drug-likeness (QED) is 0.803. The summed E-state index contributed by atoms with van der Waals surface area (Å²) in [6.45, 7) is 2.63. The first-order valence-electron chi connectivity index (χ1n) is 6.52. The van der Waals surface area contributed by atoms with Gasteiger partial charge in [-0.1, -0.05) is 17.7 Å². The maximum atomic E-state index is 6.08. The van der Waals surface area contributed by atoms with Crippen LogP contribution in [0.1, 0.15) is 11.3 Å². The highest BCUT2D eigenvalue weighted by molar-refractivity contribution is 6.31. The molecular weight excluding hydrogens is 286 g/mol. The second kappa shape index (κ2) is 5.93. The SMILES string of the molecule is Cc1ccc(CNc2cc(Cl)ccc2-n2cncn2)nc1. The summed E-state index contributed by atoms with van der Waals surface area (Å²) in [5, 5.41) is 8.16. The molecule has 0 aliphatic heterocycles. The van der Waals surface area contributed by atoms with E-state index in [4.69, 9.17) is 11.6 Å². The largest absolute Gasteiger partial charge is 0.378 e. The van der Waals surface area contributed by atoms with Gasteiger partial charge in [0.1, 0.15) is 12.7 Å². The molecule has 0 bridgehead atoms. The molecule has 0 amide bonds. The molecule has 3 aromatic rings. The van der Waals surface area contributed by atoms with Crippen LogP contribution in [0.25, 0.3) is 5.69 Å². The van der Waals surface area contributed by atoms with Crippen LogP contribution in [0.5, 0.6) is 0 Å². The maximum Gasteiger partial charge on any atom is 0.138 e. The number of nitrogens with zero attached hydrogens (tertiary/aromatic N) is 4. The Morgan fingerprint density at radius 1 is 1.24 bits per heavy atom. The molecule has 0 aliphatic rings. The van der Waals surface area contributed by atoms with E-state index in [1.54, 1.807) is 11.0 Å². The van der Waals surface area contributed by atoms with E-state index in [0.717, 1.165) is 22.6 Å². The third-order valence-corrected chi connectivity index (χ3v) is 3.29. The lowest BCUT2D eigenvalue weighted by atomic mass is 10.2. The lowest BCUT2D eigenvalue weighted by Gasteiger charge is -2.12. The van der Waals surface area contributed by atoms with Crippen molar-refractivity contribution in [2.75, 3.05) is 5.32 Å². The van der Waals surface area contributed by atoms with Gasteiger partial charge in [0.15, 0.2) is 0 Å². The number of aromatic nitrogens is 4. The fraction of sp³-hybridized carbons (Fsp3) is 0.133. The summed E-state index contributed by atoms with van der Waals surface area (Å²) in [7, 11) is 0. The number of anilines is 1. The van der Waals surface area contributed by atoms with Crippen molar-refractivity contribution in [3.63, 3.8) is 0 Å². The molecule has 0 aliphatic carbocycles. The smallest absolute Gasteiger partial charge is 0.138 e. The highest BCUT2D eigenvalue weighted by Crippen LogP contribution is 2.24. The Morgan fingerprint density at radius 3 is 2.86 bits per heavy atom. The van der Waals surface area contributed by atoms with E-state index in [2.05, 4.69) is 20.4 Å². The van der Waals surface area contributed by atoms with E-state index in [9.17, 15) is 0 Å². The zero-order valence-corrected chi connectivity index (χ0v) is 12.2. The van der Waals surface area contributed by atoms with Crippen LogP contribution in [0.2, 0.25) is 5.02 Å². The standard InChI is InChI=1S/C15H14ClN5/c1-11-2-4-13(18-7-11)8-19-14-6-12(16)3-5-15(14)21-10-17-9-20-21/h2-7,9-10,19H,8H2,1H3. The monoisotopic (exact) mass is 299 g/mol. The Bertz CT molecular complexity index is 722. The van der Waals surface area contributed by atoms with E-state index in [-0.39, 0.29) is 0 Å². The van der Waals surface area contributed by atoms with Crippen molar-refractivity contribution in [3.8, 4) is 5.69 Å². The molecule has 0 saturated carbocycles. The highest BCUT2D eigenvalue weighted by atomic mass is 35.5. The normalized spacial score (nSPS) is 10.6. The first kappa shape index (κ1) is 13.6. The molecule has 2 heterocycles. The zero-order chi connectivity index (χ0) is 14.7. The molecule has 5 nitrogen and oxygen atoms in total. The number of rotatable bonds is 4. The molecule has 0 atom stereocenters. The number of hydrogen-bond donors (Lipinski definition) is 1. The Labute approximate surface area is 127 Å². The van der Waals surface area contributed by atoms with Gasteiger partial charge in [-0.05, 0) is 36.8 Å². The maximum absolute atomic E-state index is 6.08. The van der Waals surface area contributed by atoms with E-state index >= 15 is 0 Å². The predicted molar refractivity (Wildman–Crippen MR) is 82.7 cm³/mol. The minimum atomic E-state index is 0.613. The molecule has 0 fully saturated rings. The van der Waals surface area contributed by atoms with Crippen molar-refractivity contribution in [2.24, 2.45) is 0 Å². The zero-order valence-electron chi connectivity index (χ0n) is 11.5. The van der Waals surface area contributed by atoms with Gasteiger partial charge in [-0.15, -0.1) is 0 Å². The van der Waals surface area contributed by atoms with Crippen LogP contribution < -0.4 is 5.32 Å². The first-order chi connectivity index (χ1) is 10.2. The minimum Gasteiger partial charge on any atom is -0.378 e.